The van der Waals surface area contributed by atoms with Crippen LogP contribution in [0.4, 0.5) is 16.4 Å². The van der Waals surface area contributed by atoms with E-state index < -0.39 is 11.7 Å². The lowest BCUT2D eigenvalue weighted by molar-refractivity contribution is -0.150. The van der Waals surface area contributed by atoms with Crippen LogP contribution in [0.5, 0.6) is 0 Å². The van der Waals surface area contributed by atoms with Crippen molar-refractivity contribution in [3.8, 4) is 11.3 Å². The monoisotopic (exact) mass is 465 g/mol. The van der Waals surface area contributed by atoms with E-state index in [2.05, 4.69) is 41.0 Å². The highest BCUT2D eigenvalue weighted by Gasteiger charge is 2.47. The van der Waals surface area contributed by atoms with Gasteiger partial charge in [-0.1, -0.05) is 20.8 Å². The number of pyridine rings is 2. The summed E-state index contributed by atoms with van der Waals surface area (Å²) in [6.07, 6.45) is 4.12. The quantitative estimate of drug-likeness (QED) is 0.585. The van der Waals surface area contributed by atoms with E-state index in [-0.39, 0.29) is 12.0 Å². The Labute approximate surface area is 199 Å². The Bertz CT molecular complexity index is 1180. The SMILES string of the molecule is CN(C)c1ccc(-c2cc3nccnc3c(NCC3(C(C)(C)C)CN(C(=O)O)CCO3)n2)cn1. The lowest BCUT2D eigenvalue weighted by Gasteiger charge is -2.49. The van der Waals surface area contributed by atoms with Crippen molar-refractivity contribution >= 4 is 28.8 Å². The molecule has 0 aromatic carbocycles. The minimum atomic E-state index is -0.943. The zero-order valence-corrected chi connectivity index (χ0v) is 20.2. The lowest BCUT2D eigenvalue weighted by Crippen LogP contribution is -2.62. The van der Waals surface area contributed by atoms with Crippen LogP contribution in [0.1, 0.15) is 20.8 Å². The van der Waals surface area contributed by atoms with Crippen molar-refractivity contribution in [1.29, 1.82) is 0 Å². The van der Waals surface area contributed by atoms with Crippen molar-refractivity contribution in [2.45, 2.75) is 26.4 Å². The Hall–Kier alpha value is -3.53. The normalized spacial score (nSPS) is 18.7. The molecule has 180 valence electrons. The van der Waals surface area contributed by atoms with Gasteiger partial charge in [0.05, 0.1) is 24.4 Å². The van der Waals surface area contributed by atoms with Crippen LogP contribution in [0, 0.1) is 5.41 Å². The van der Waals surface area contributed by atoms with Crippen molar-refractivity contribution in [2.24, 2.45) is 5.41 Å². The summed E-state index contributed by atoms with van der Waals surface area (Å²) >= 11 is 0. The van der Waals surface area contributed by atoms with Crippen molar-refractivity contribution in [1.82, 2.24) is 24.8 Å². The highest BCUT2D eigenvalue weighted by molar-refractivity contribution is 5.88. The van der Waals surface area contributed by atoms with Crippen LogP contribution in [0.2, 0.25) is 0 Å². The van der Waals surface area contributed by atoms with E-state index in [0.29, 0.717) is 36.5 Å². The average Bonchev–Trinajstić information content (AvgIpc) is 2.82. The maximum atomic E-state index is 11.7. The first-order valence-electron chi connectivity index (χ1n) is 11.2. The molecule has 0 aliphatic carbocycles. The molecule has 1 aliphatic rings. The molecule has 10 nitrogen and oxygen atoms in total. The van der Waals surface area contributed by atoms with Crippen LogP contribution >= 0.6 is 0 Å². The van der Waals surface area contributed by atoms with Crippen molar-refractivity contribution in [3.05, 3.63) is 36.8 Å². The summed E-state index contributed by atoms with van der Waals surface area (Å²) < 4.78 is 6.25. The maximum Gasteiger partial charge on any atom is 0.407 e. The number of hydrogen-bond donors (Lipinski definition) is 2. The molecule has 0 bridgehead atoms. The number of hydrogen-bond acceptors (Lipinski definition) is 8. The number of anilines is 2. The highest BCUT2D eigenvalue weighted by Crippen LogP contribution is 2.37. The molecule has 4 rings (SSSR count). The van der Waals surface area contributed by atoms with E-state index in [9.17, 15) is 9.90 Å². The fourth-order valence-corrected chi connectivity index (χ4v) is 4.05. The third-order valence-corrected chi connectivity index (χ3v) is 6.32. The number of aromatic nitrogens is 4. The predicted molar refractivity (Wildman–Crippen MR) is 131 cm³/mol. The summed E-state index contributed by atoms with van der Waals surface area (Å²) in [6.45, 7) is 7.48. The van der Waals surface area contributed by atoms with Gasteiger partial charge in [0.2, 0.25) is 0 Å². The number of nitrogens with one attached hydrogen (secondary N) is 1. The van der Waals surface area contributed by atoms with E-state index >= 15 is 0 Å². The summed E-state index contributed by atoms with van der Waals surface area (Å²) in [5, 5.41) is 13.0. The first-order valence-corrected chi connectivity index (χ1v) is 11.2. The van der Waals surface area contributed by atoms with Crippen molar-refractivity contribution < 1.29 is 14.6 Å². The van der Waals surface area contributed by atoms with Gasteiger partial charge in [0.1, 0.15) is 16.9 Å². The fourth-order valence-electron chi connectivity index (χ4n) is 4.05. The van der Waals surface area contributed by atoms with Gasteiger partial charge < -0.3 is 25.0 Å². The van der Waals surface area contributed by atoms with Gasteiger partial charge in [0.15, 0.2) is 5.82 Å². The molecule has 1 saturated heterocycles. The largest absolute Gasteiger partial charge is 0.465 e. The van der Waals surface area contributed by atoms with Crippen LogP contribution in [-0.4, -0.2) is 82.0 Å². The minimum absolute atomic E-state index is 0.262. The highest BCUT2D eigenvalue weighted by atomic mass is 16.5. The molecule has 1 fully saturated rings. The molecule has 10 heteroatoms. The van der Waals surface area contributed by atoms with Crippen LogP contribution < -0.4 is 10.2 Å². The van der Waals surface area contributed by atoms with Crippen LogP contribution in [0.15, 0.2) is 36.8 Å². The maximum absolute atomic E-state index is 11.7. The summed E-state index contributed by atoms with van der Waals surface area (Å²) in [4.78, 5) is 33.4. The molecule has 2 N–H and O–H groups in total. The molecule has 0 spiro atoms. The number of carbonyl (C=O) groups is 1. The number of rotatable bonds is 5. The average molecular weight is 466 g/mol. The Balaban J connectivity index is 1.70. The molecule has 1 atom stereocenters. The van der Waals surface area contributed by atoms with Gasteiger partial charge in [0, 0.05) is 51.3 Å². The molecule has 1 amide bonds. The second-order valence-electron chi connectivity index (χ2n) is 9.73. The van der Waals surface area contributed by atoms with Gasteiger partial charge in [-0.2, -0.15) is 0 Å². The molecule has 1 aliphatic heterocycles. The molecule has 3 aromatic heterocycles. The van der Waals surface area contributed by atoms with Gasteiger partial charge in [-0.05, 0) is 23.6 Å². The number of carboxylic acid groups (broad SMARTS) is 1. The van der Waals surface area contributed by atoms with Crippen LogP contribution in [0.25, 0.3) is 22.3 Å². The number of morpholine rings is 1. The van der Waals surface area contributed by atoms with E-state index in [1.54, 1.807) is 18.6 Å². The zero-order chi connectivity index (χ0) is 24.5. The summed E-state index contributed by atoms with van der Waals surface area (Å²) in [5.74, 6) is 1.42. The number of fused-ring (bicyclic) bond motifs is 1. The zero-order valence-electron chi connectivity index (χ0n) is 20.2. The minimum Gasteiger partial charge on any atom is -0.465 e. The van der Waals surface area contributed by atoms with E-state index in [4.69, 9.17) is 9.72 Å². The molecule has 3 aromatic rings. The predicted octanol–water partition coefficient (Wildman–Crippen LogP) is 3.36. The number of amides is 1. The van der Waals surface area contributed by atoms with Crippen LogP contribution in [-0.2, 0) is 4.74 Å². The molecular formula is C24H31N7O3. The summed E-state index contributed by atoms with van der Waals surface area (Å²) in [7, 11) is 3.88. The first-order chi connectivity index (χ1) is 16.1. The Morgan fingerprint density at radius 1 is 1.24 bits per heavy atom. The van der Waals surface area contributed by atoms with Crippen molar-refractivity contribution in [3.63, 3.8) is 0 Å². The second kappa shape index (κ2) is 9.02. The topological polar surface area (TPSA) is 117 Å². The van der Waals surface area contributed by atoms with E-state index in [0.717, 1.165) is 17.1 Å². The third kappa shape index (κ3) is 4.58. The van der Waals surface area contributed by atoms with E-state index in [1.807, 2.05) is 37.2 Å². The standard InChI is InChI=1S/C24H31N7O3/c1-23(2,3)24(15-31(22(32)33)10-11-34-24)14-28-21-20-18(25-8-9-26-20)12-17(29-21)16-6-7-19(27-13-16)30(4)5/h6-9,12-13H,10-11,14-15H2,1-5H3,(H,28,29)(H,32,33). The molecule has 0 radical (unpaired) electrons. The molecule has 0 saturated carbocycles. The smallest absolute Gasteiger partial charge is 0.407 e. The first kappa shape index (κ1) is 23.6. The van der Waals surface area contributed by atoms with Gasteiger partial charge in [-0.3, -0.25) is 4.98 Å². The molecular weight excluding hydrogens is 434 g/mol. The Kier molecular flexibility index (Phi) is 6.26. The number of ether oxygens (including phenoxy) is 1. The van der Waals surface area contributed by atoms with E-state index in [1.165, 1.54) is 4.90 Å². The molecule has 34 heavy (non-hydrogen) atoms. The van der Waals surface area contributed by atoms with Crippen molar-refractivity contribution in [2.75, 3.05) is 50.6 Å². The Morgan fingerprint density at radius 3 is 2.65 bits per heavy atom. The van der Waals surface area contributed by atoms with Gasteiger partial charge in [-0.25, -0.2) is 19.7 Å². The lowest BCUT2D eigenvalue weighted by atomic mass is 9.75. The van der Waals surface area contributed by atoms with Gasteiger partial charge >= 0.3 is 6.09 Å². The fraction of sp³-hybridized carbons (Fsp3) is 0.458. The third-order valence-electron chi connectivity index (χ3n) is 6.32. The van der Waals surface area contributed by atoms with Gasteiger partial charge in [-0.15, -0.1) is 0 Å². The number of nitrogens with zero attached hydrogens (tertiary/aromatic N) is 6. The summed E-state index contributed by atoms with van der Waals surface area (Å²) in [6, 6.07) is 5.81. The molecule has 4 heterocycles. The molecule has 1 unspecified atom stereocenters. The van der Waals surface area contributed by atoms with Gasteiger partial charge in [0.25, 0.3) is 0 Å². The second-order valence-corrected chi connectivity index (χ2v) is 9.73. The summed E-state index contributed by atoms with van der Waals surface area (Å²) in [5.41, 5.74) is 1.84. The Morgan fingerprint density at radius 2 is 2.00 bits per heavy atom. The van der Waals surface area contributed by atoms with Crippen LogP contribution in [0.3, 0.4) is 0 Å².